The Morgan fingerprint density at radius 2 is 2.00 bits per heavy atom. The smallest absolute Gasteiger partial charge is 0.0139 e. The average molecular weight is 323 g/mol. The fourth-order valence-corrected chi connectivity index (χ4v) is 4.11. The fourth-order valence-electron chi connectivity index (χ4n) is 4.11. The minimum Gasteiger partial charge on any atom is -0.316 e. The van der Waals surface area contributed by atoms with Crippen molar-refractivity contribution in [3.8, 4) is 0 Å². The lowest BCUT2D eigenvalue weighted by Gasteiger charge is -2.38. The van der Waals surface area contributed by atoms with E-state index < -0.39 is 0 Å². The van der Waals surface area contributed by atoms with Gasteiger partial charge in [0, 0.05) is 12.6 Å². The number of benzene rings is 1. The third-order valence-corrected chi connectivity index (χ3v) is 5.24. The Labute approximate surface area is 142 Å². The molecular weight excluding hydrogens is 292 g/mol. The van der Waals surface area contributed by atoms with E-state index in [1.165, 1.54) is 64.7 Å². The van der Waals surface area contributed by atoms with Gasteiger partial charge in [0.05, 0.1) is 0 Å². The normalized spacial score (nSPS) is 24.6. The number of halogens is 1. The lowest BCUT2D eigenvalue weighted by Crippen LogP contribution is -2.45. The van der Waals surface area contributed by atoms with Crippen LogP contribution in [0.5, 0.6) is 0 Å². The number of nitrogens with one attached hydrogen (secondary N) is 1. The average Bonchev–Trinajstić information content (AvgIpc) is 2.55. The molecule has 124 valence electrons. The topological polar surface area (TPSA) is 15.3 Å². The molecule has 1 aliphatic heterocycles. The zero-order valence-corrected chi connectivity index (χ0v) is 14.7. The number of aryl methyl sites for hydroxylation is 1. The Morgan fingerprint density at radius 3 is 2.73 bits per heavy atom. The molecule has 1 saturated heterocycles. The second-order valence-electron chi connectivity index (χ2n) is 6.87. The van der Waals surface area contributed by atoms with E-state index in [1.54, 1.807) is 11.1 Å². The van der Waals surface area contributed by atoms with Gasteiger partial charge in [-0.3, -0.25) is 4.90 Å². The largest absolute Gasteiger partial charge is 0.316 e. The molecule has 1 aliphatic carbocycles. The second-order valence-corrected chi connectivity index (χ2v) is 6.87. The van der Waals surface area contributed by atoms with E-state index in [-0.39, 0.29) is 12.4 Å². The van der Waals surface area contributed by atoms with E-state index in [0.29, 0.717) is 0 Å². The van der Waals surface area contributed by atoms with Gasteiger partial charge in [-0.05, 0) is 75.2 Å². The summed E-state index contributed by atoms with van der Waals surface area (Å²) in [6.07, 6.45) is 7.92. The minimum atomic E-state index is 0. The summed E-state index contributed by atoms with van der Waals surface area (Å²) in [5.74, 6) is 0.863. The van der Waals surface area contributed by atoms with Gasteiger partial charge < -0.3 is 5.32 Å². The van der Waals surface area contributed by atoms with Crippen LogP contribution in [-0.2, 0) is 12.8 Å². The highest BCUT2D eigenvalue weighted by Gasteiger charge is 2.26. The Bertz CT molecular complexity index is 443. The summed E-state index contributed by atoms with van der Waals surface area (Å²) in [6, 6.07) is 9.82. The van der Waals surface area contributed by atoms with E-state index in [0.717, 1.165) is 12.0 Å². The summed E-state index contributed by atoms with van der Waals surface area (Å²) in [4.78, 5) is 2.80. The standard InChI is InChI=1S/C19H30N2.ClH/c1-2-12-21(15-16-6-5-11-20-14-16)19-10-9-17-7-3-4-8-18(17)13-19;/h3-4,7-8,16,19-20H,2,5-6,9-15H2,1H3;1H. The zero-order valence-electron chi connectivity index (χ0n) is 13.9. The maximum absolute atomic E-state index is 3.57. The first-order valence-corrected chi connectivity index (χ1v) is 8.88. The molecule has 0 spiro atoms. The Hall–Kier alpha value is -0.570. The van der Waals surface area contributed by atoms with Crippen molar-refractivity contribution in [2.75, 3.05) is 26.2 Å². The molecule has 1 heterocycles. The van der Waals surface area contributed by atoms with Crippen LogP contribution in [0.3, 0.4) is 0 Å². The SMILES string of the molecule is CCCN(CC1CCCNC1)C1CCc2ccccc2C1.Cl. The predicted molar refractivity (Wildman–Crippen MR) is 97.0 cm³/mol. The molecule has 1 fully saturated rings. The molecule has 2 aliphatic rings. The number of hydrogen-bond acceptors (Lipinski definition) is 2. The van der Waals surface area contributed by atoms with Crippen molar-refractivity contribution < 1.29 is 0 Å². The molecule has 2 nitrogen and oxygen atoms in total. The Balaban J connectivity index is 0.00000176. The molecule has 1 N–H and O–H groups in total. The van der Waals surface area contributed by atoms with E-state index >= 15 is 0 Å². The van der Waals surface area contributed by atoms with Crippen LogP contribution < -0.4 is 5.32 Å². The zero-order chi connectivity index (χ0) is 14.5. The fraction of sp³-hybridized carbons (Fsp3) is 0.684. The molecule has 2 unspecified atom stereocenters. The van der Waals surface area contributed by atoms with Crippen molar-refractivity contribution in [1.82, 2.24) is 10.2 Å². The molecule has 0 saturated carbocycles. The van der Waals surface area contributed by atoms with Crippen molar-refractivity contribution in [3.63, 3.8) is 0 Å². The monoisotopic (exact) mass is 322 g/mol. The summed E-state index contributed by atoms with van der Waals surface area (Å²) < 4.78 is 0. The molecule has 3 heteroatoms. The van der Waals surface area contributed by atoms with Gasteiger partial charge in [-0.2, -0.15) is 0 Å². The third-order valence-electron chi connectivity index (χ3n) is 5.24. The molecule has 1 aromatic rings. The molecular formula is C19H31ClN2. The number of fused-ring (bicyclic) bond motifs is 1. The van der Waals surface area contributed by atoms with Crippen molar-refractivity contribution in [1.29, 1.82) is 0 Å². The number of piperidine rings is 1. The Kier molecular flexibility index (Phi) is 7.20. The van der Waals surface area contributed by atoms with Crippen LogP contribution >= 0.6 is 12.4 Å². The molecule has 22 heavy (non-hydrogen) atoms. The van der Waals surface area contributed by atoms with Crippen molar-refractivity contribution in [2.45, 2.75) is 51.5 Å². The van der Waals surface area contributed by atoms with E-state index in [9.17, 15) is 0 Å². The van der Waals surface area contributed by atoms with Crippen LogP contribution in [-0.4, -0.2) is 37.1 Å². The van der Waals surface area contributed by atoms with Gasteiger partial charge in [-0.15, -0.1) is 12.4 Å². The molecule has 0 bridgehead atoms. The van der Waals surface area contributed by atoms with E-state index in [1.807, 2.05) is 0 Å². The molecule has 0 amide bonds. The highest BCUT2D eigenvalue weighted by atomic mass is 35.5. The van der Waals surface area contributed by atoms with Gasteiger partial charge in [0.2, 0.25) is 0 Å². The van der Waals surface area contributed by atoms with Gasteiger partial charge in [0.25, 0.3) is 0 Å². The highest BCUT2D eigenvalue weighted by Crippen LogP contribution is 2.26. The first-order chi connectivity index (χ1) is 10.4. The maximum atomic E-state index is 3.57. The lowest BCUT2D eigenvalue weighted by molar-refractivity contribution is 0.141. The number of rotatable bonds is 5. The summed E-state index contributed by atoms with van der Waals surface area (Å²) >= 11 is 0. The number of nitrogens with zero attached hydrogens (tertiary/aromatic N) is 1. The van der Waals surface area contributed by atoms with Gasteiger partial charge in [-0.1, -0.05) is 31.2 Å². The number of hydrogen-bond donors (Lipinski definition) is 1. The first kappa shape index (κ1) is 17.8. The predicted octanol–water partition coefficient (Wildman–Crippen LogP) is 3.68. The van der Waals surface area contributed by atoms with Gasteiger partial charge in [0.1, 0.15) is 0 Å². The summed E-state index contributed by atoms with van der Waals surface area (Å²) in [5.41, 5.74) is 3.18. The quantitative estimate of drug-likeness (QED) is 0.889. The van der Waals surface area contributed by atoms with Crippen molar-refractivity contribution in [3.05, 3.63) is 35.4 Å². The highest BCUT2D eigenvalue weighted by molar-refractivity contribution is 5.85. The molecule has 1 aromatic carbocycles. The lowest BCUT2D eigenvalue weighted by atomic mass is 9.86. The van der Waals surface area contributed by atoms with Crippen LogP contribution in [0, 0.1) is 5.92 Å². The minimum absolute atomic E-state index is 0. The van der Waals surface area contributed by atoms with E-state index in [2.05, 4.69) is 41.4 Å². The van der Waals surface area contributed by atoms with Gasteiger partial charge in [-0.25, -0.2) is 0 Å². The molecule has 3 rings (SSSR count). The van der Waals surface area contributed by atoms with Crippen LogP contribution in [0.1, 0.15) is 43.7 Å². The van der Waals surface area contributed by atoms with Crippen molar-refractivity contribution in [2.24, 2.45) is 5.92 Å². The van der Waals surface area contributed by atoms with E-state index in [4.69, 9.17) is 0 Å². The molecule has 0 aromatic heterocycles. The third kappa shape index (κ3) is 4.47. The summed E-state index contributed by atoms with van der Waals surface area (Å²) in [5, 5.41) is 3.57. The van der Waals surface area contributed by atoms with Gasteiger partial charge in [0.15, 0.2) is 0 Å². The Morgan fingerprint density at radius 1 is 1.18 bits per heavy atom. The summed E-state index contributed by atoms with van der Waals surface area (Å²) in [7, 11) is 0. The second kappa shape index (κ2) is 8.90. The van der Waals surface area contributed by atoms with Crippen LogP contribution in [0.4, 0.5) is 0 Å². The first-order valence-electron chi connectivity index (χ1n) is 8.88. The van der Waals surface area contributed by atoms with Gasteiger partial charge >= 0.3 is 0 Å². The van der Waals surface area contributed by atoms with Crippen LogP contribution in [0.15, 0.2) is 24.3 Å². The summed E-state index contributed by atoms with van der Waals surface area (Å²) in [6.45, 7) is 7.34. The molecule has 2 atom stereocenters. The maximum Gasteiger partial charge on any atom is 0.0139 e. The van der Waals surface area contributed by atoms with Crippen LogP contribution in [0.2, 0.25) is 0 Å². The van der Waals surface area contributed by atoms with Crippen molar-refractivity contribution >= 4 is 12.4 Å². The molecule has 0 radical (unpaired) electrons. The van der Waals surface area contributed by atoms with Crippen LogP contribution in [0.25, 0.3) is 0 Å².